The van der Waals surface area contributed by atoms with Crippen LogP contribution in [0, 0.1) is 0 Å². The van der Waals surface area contributed by atoms with E-state index in [-0.39, 0.29) is 5.54 Å². The Kier molecular flexibility index (Phi) is 3.66. The number of hydrogen-bond donors (Lipinski definition) is 1. The standard InChI is InChI=1S/C14H22N4/c1-5-14(3,4)15-10-11(2)18-13-9-7-6-8-12(13)16-17-18/h6-9,11,15H,5,10H2,1-4H3. The van der Waals surface area contributed by atoms with E-state index in [0.717, 1.165) is 24.0 Å². The molecule has 1 heterocycles. The van der Waals surface area contributed by atoms with E-state index in [1.165, 1.54) is 0 Å². The highest BCUT2D eigenvalue weighted by atomic mass is 15.4. The van der Waals surface area contributed by atoms with Gasteiger partial charge in [0.1, 0.15) is 5.52 Å². The van der Waals surface area contributed by atoms with E-state index in [9.17, 15) is 0 Å². The molecule has 2 rings (SSSR count). The summed E-state index contributed by atoms with van der Waals surface area (Å²) in [6, 6.07) is 8.37. The first kappa shape index (κ1) is 13.0. The van der Waals surface area contributed by atoms with Crippen molar-refractivity contribution in [1.29, 1.82) is 0 Å². The second kappa shape index (κ2) is 5.06. The van der Waals surface area contributed by atoms with E-state index in [0.29, 0.717) is 6.04 Å². The predicted molar refractivity (Wildman–Crippen MR) is 74.6 cm³/mol. The Labute approximate surface area is 108 Å². The smallest absolute Gasteiger partial charge is 0.113 e. The zero-order chi connectivity index (χ0) is 13.2. The second-order valence-electron chi connectivity index (χ2n) is 5.49. The summed E-state index contributed by atoms with van der Waals surface area (Å²) in [6.45, 7) is 9.70. The molecule has 1 aromatic carbocycles. The topological polar surface area (TPSA) is 42.7 Å². The molecule has 1 aromatic heterocycles. The average Bonchev–Trinajstić information content (AvgIpc) is 2.80. The van der Waals surface area contributed by atoms with Gasteiger partial charge in [-0.2, -0.15) is 0 Å². The number of fused-ring (bicyclic) bond motifs is 1. The molecule has 0 aliphatic rings. The van der Waals surface area contributed by atoms with Gasteiger partial charge in [-0.05, 0) is 39.3 Å². The minimum Gasteiger partial charge on any atom is -0.310 e. The predicted octanol–water partition coefficient (Wildman–Crippen LogP) is 2.77. The van der Waals surface area contributed by atoms with Crippen LogP contribution in [0.1, 0.15) is 40.2 Å². The first-order valence-electron chi connectivity index (χ1n) is 6.58. The summed E-state index contributed by atoms with van der Waals surface area (Å²) in [7, 11) is 0. The first-order chi connectivity index (χ1) is 8.53. The number of nitrogens with zero attached hydrogens (tertiary/aromatic N) is 3. The van der Waals surface area contributed by atoms with Crippen molar-refractivity contribution in [1.82, 2.24) is 20.3 Å². The number of para-hydroxylation sites is 1. The fraction of sp³-hybridized carbons (Fsp3) is 0.571. The molecule has 4 nitrogen and oxygen atoms in total. The molecule has 1 N–H and O–H groups in total. The molecular weight excluding hydrogens is 224 g/mol. The van der Waals surface area contributed by atoms with Crippen LogP contribution >= 0.6 is 0 Å². The van der Waals surface area contributed by atoms with Crippen LogP contribution in [0.25, 0.3) is 11.0 Å². The summed E-state index contributed by atoms with van der Waals surface area (Å²) < 4.78 is 1.99. The van der Waals surface area contributed by atoms with Crippen LogP contribution in [0.3, 0.4) is 0 Å². The van der Waals surface area contributed by atoms with Gasteiger partial charge in [0.15, 0.2) is 0 Å². The van der Waals surface area contributed by atoms with E-state index in [1.807, 2.05) is 22.9 Å². The fourth-order valence-electron chi connectivity index (χ4n) is 1.85. The quantitative estimate of drug-likeness (QED) is 0.882. The van der Waals surface area contributed by atoms with Crippen LogP contribution in [0.2, 0.25) is 0 Å². The Hall–Kier alpha value is -1.42. The molecule has 0 fully saturated rings. The average molecular weight is 246 g/mol. The Morgan fingerprint density at radius 3 is 2.78 bits per heavy atom. The maximum atomic E-state index is 4.25. The molecule has 0 bridgehead atoms. The Bertz CT molecular complexity index is 515. The van der Waals surface area contributed by atoms with Crippen LogP contribution in [0.5, 0.6) is 0 Å². The van der Waals surface area contributed by atoms with Crippen LogP contribution in [-0.2, 0) is 0 Å². The molecule has 0 aliphatic heterocycles. The maximum absolute atomic E-state index is 4.25. The lowest BCUT2D eigenvalue weighted by Crippen LogP contribution is -2.41. The van der Waals surface area contributed by atoms with Crippen molar-refractivity contribution >= 4 is 11.0 Å². The highest BCUT2D eigenvalue weighted by molar-refractivity contribution is 5.73. The lowest BCUT2D eigenvalue weighted by Gasteiger charge is -2.26. The van der Waals surface area contributed by atoms with Crippen LogP contribution < -0.4 is 5.32 Å². The lowest BCUT2D eigenvalue weighted by molar-refractivity contribution is 0.336. The van der Waals surface area contributed by atoms with Crippen molar-refractivity contribution in [2.45, 2.75) is 45.7 Å². The van der Waals surface area contributed by atoms with Gasteiger partial charge in [-0.1, -0.05) is 24.3 Å². The van der Waals surface area contributed by atoms with Gasteiger partial charge in [-0.15, -0.1) is 5.10 Å². The van der Waals surface area contributed by atoms with Crippen molar-refractivity contribution in [3.8, 4) is 0 Å². The number of benzene rings is 1. The summed E-state index contributed by atoms with van der Waals surface area (Å²) in [4.78, 5) is 0. The summed E-state index contributed by atoms with van der Waals surface area (Å²) in [5.41, 5.74) is 2.23. The fourth-order valence-corrected chi connectivity index (χ4v) is 1.85. The van der Waals surface area contributed by atoms with Crippen LogP contribution in [0.15, 0.2) is 24.3 Å². The maximum Gasteiger partial charge on any atom is 0.113 e. The van der Waals surface area contributed by atoms with E-state index in [2.05, 4.69) is 49.4 Å². The largest absolute Gasteiger partial charge is 0.310 e. The van der Waals surface area contributed by atoms with Gasteiger partial charge in [-0.25, -0.2) is 4.68 Å². The molecule has 1 atom stereocenters. The Balaban J connectivity index is 2.12. The van der Waals surface area contributed by atoms with E-state index >= 15 is 0 Å². The van der Waals surface area contributed by atoms with Gasteiger partial charge in [0.05, 0.1) is 11.6 Å². The van der Waals surface area contributed by atoms with E-state index in [1.54, 1.807) is 0 Å². The minimum absolute atomic E-state index is 0.171. The van der Waals surface area contributed by atoms with Crippen LogP contribution in [0.4, 0.5) is 0 Å². The molecule has 1 unspecified atom stereocenters. The van der Waals surface area contributed by atoms with Crippen molar-refractivity contribution in [2.24, 2.45) is 0 Å². The van der Waals surface area contributed by atoms with E-state index < -0.39 is 0 Å². The number of rotatable bonds is 5. The Morgan fingerprint density at radius 1 is 1.33 bits per heavy atom. The van der Waals surface area contributed by atoms with E-state index in [4.69, 9.17) is 0 Å². The third kappa shape index (κ3) is 2.70. The normalized spacial score (nSPS) is 14.0. The highest BCUT2D eigenvalue weighted by Gasteiger charge is 2.17. The van der Waals surface area contributed by atoms with Gasteiger partial charge in [0, 0.05) is 12.1 Å². The van der Waals surface area contributed by atoms with Gasteiger partial charge in [0.2, 0.25) is 0 Å². The molecular formula is C14H22N4. The van der Waals surface area contributed by atoms with Gasteiger partial charge in [-0.3, -0.25) is 0 Å². The zero-order valence-corrected chi connectivity index (χ0v) is 11.6. The third-order valence-corrected chi connectivity index (χ3v) is 3.55. The molecule has 0 aliphatic carbocycles. The molecule has 0 amide bonds. The zero-order valence-electron chi connectivity index (χ0n) is 11.6. The molecule has 4 heteroatoms. The Morgan fingerprint density at radius 2 is 2.06 bits per heavy atom. The summed E-state index contributed by atoms with van der Waals surface area (Å²) in [5.74, 6) is 0. The molecule has 98 valence electrons. The number of aromatic nitrogens is 3. The van der Waals surface area contributed by atoms with Crippen molar-refractivity contribution in [3.05, 3.63) is 24.3 Å². The third-order valence-electron chi connectivity index (χ3n) is 3.55. The summed E-state index contributed by atoms with van der Waals surface area (Å²) >= 11 is 0. The van der Waals surface area contributed by atoms with Gasteiger partial charge >= 0.3 is 0 Å². The molecule has 18 heavy (non-hydrogen) atoms. The molecule has 0 saturated heterocycles. The molecule has 0 radical (unpaired) electrons. The summed E-state index contributed by atoms with van der Waals surface area (Å²) in [6.07, 6.45) is 1.11. The first-order valence-corrected chi connectivity index (χ1v) is 6.58. The molecule has 0 saturated carbocycles. The second-order valence-corrected chi connectivity index (χ2v) is 5.49. The SMILES string of the molecule is CCC(C)(C)NCC(C)n1nnc2ccccc21. The molecule has 0 spiro atoms. The monoisotopic (exact) mass is 246 g/mol. The number of hydrogen-bond acceptors (Lipinski definition) is 3. The van der Waals surface area contributed by atoms with Gasteiger partial charge in [0.25, 0.3) is 0 Å². The van der Waals surface area contributed by atoms with Crippen molar-refractivity contribution in [3.63, 3.8) is 0 Å². The molecule has 2 aromatic rings. The summed E-state index contributed by atoms with van der Waals surface area (Å²) in [5, 5.41) is 12.0. The van der Waals surface area contributed by atoms with Crippen molar-refractivity contribution in [2.75, 3.05) is 6.54 Å². The van der Waals surface area contributed by atoms with Crippen LogP contribution in [-0.4, -0.2) is 27.1 Å². The van der Waals surface area contributed by atoms with Crippen molar-refractivity contribution < 1.29 is 0 Å². The number of nitrogens with one attached hydrogen (secondary N) is 1. The highest BCUT2D eigenvalue weighted by Crippen LogP contribution is 2.16. The minimum atomic E-state index is 0.171. The lowest BCUT2D eigenvalue weighted by atomic mass is 10.0. The van der Waals surface area contributed by atoms with Gasteiger partial charge < -0.3 is 5.32 Å².